The van der Waals surface area contributed by atoms with Gasteiger partial charge in [0.1, 0.15) is 11.6 Å². The molecule has 2 amide bonds. The molecule has 0 saturated carbocycles. The zero-order chi connectivity index (χ0) is 37.9. The van der Waals surface area contributed by atoms with E-state index in [-0.39, 0.29) is 29.9 Å². The SMILES string of the molecule is COc1ccc(C2c3cc(OC)c(OC)cc3C(CC(=O)N3CCN(c4ccc(F)cc4)CC3)C2C(=O)N2CCN(c3ccc(F)cc3)CC2)cc1OC. The van der Waals surface area contributed by atoms with E-state index in [1.165, 1.54) is 24.3 Å². The van der Waals surface area contributed by atoms with E-state index in [1.54, 1.807) is 52.7 Å². The standard InChI is InChI=1S/C42H46F2N4O6/c1-51-35-14-5-27(23-36(35)52-2)40-33-25-38(54-4)37(53-3)24-32(33)34(26-39(49)47-19-15-45(16-20-47)30-10-6-28(43)7-11-30)41(40)42(50)48-21-17-46(18-22-48)31-12-8-29(44)9-13-31/h5-14,23-25,34,40-41H,15-22,26H2,1-4H3. The molecule has 0 spiro atoms. The Morgan fingerprint density at radius 3 is 1.54 bits per heavy atom. The fraction of sp³-hybridized carbons (Fsp3) is 0.381. The topological polar surface area (TPSA) is 84.0 Å². The van der Waals surface area contributed by atoms with Crippen molar-refractivity contribution in [2.45, 2.75) is 18.3 Å². The van der Waals surface area contributed by atoms with Gasteiger partial charge in [-0.15, -0.1) is 0 Å². The third kappa shape index (κ3) is 7.21. The second-order valence-corrected chi connectivity index (χ2v) is 13.9. The maximum absolute atomic E-state index is 15.1. The Morgan fingerprint density at radius 1 is 0.574 bits per heavy atom. The summed E-state index contributed by atoms with van der Waals surface area (Å²) in [6, 6.07) is 22.4. The Balaban J connectivity index is 1.22. The molecule has 0 N–H and O–H groups in total. The minimum atomic E-state index is -0.628. The van der Waals surface area contributed by atoms with Crippen LogP contribution in [0.5, 0.6) is 23.0 Å². The van der Waals surface area contributed by atoms with Crippen molar-refractivity contribution in [3.8, 4) is 23.0 Å². The summed E-state index contributed by atoms with van der Waals surface area (Å²) >= 11 is 0. The number of carbonyl (C=O) groups excluding carboxylic acids is 2. The molecule has 4 aromatic rings. The van der Waals surface area contributed by atoms with Crippen LogP contribution in [0, 0.1) is 17.6 Å². The lowest BCUT2D eigenvalue weighted by Crippen LogP contribution is -2.52. The predicted molar refractivity (Wildman–Crippen MR) is 202 cm³/mol. The molecule has 284 valence electrons. The van der Waals surface area contributed by atoms with E-state index in [0.29, 0.717) is 75.4 Å². The summed E-state index contributed by atoms with van der Waals surface area (Å²) in [6.45, 7) is 4.34. The van der Waals surface area contributed by atoms with Crippen LogP contribution in [0.25, 0.3) is 0 Å². The molecule has 0 radical (unpaired) electrons. The third-order valence-electron chi connectivity index (χ3n) is 11.2. The number of amides is 2. The normalized spacial score (nSPS) is 19.7. The maximum Gasteiger partial charge on any atom is 0.227 e. The minimum absolute atomic E-state index is 0.0358. The van der Waals surface area contributed by atoms with Crippen molar-refractivity contribution in [2.75, 3.05) is 90.6 Å². The first-order valence-corrected chi connectivity index (χ1v) is 18.3. The van der Waals surface area contributed by atoms with Gasteiger partial charge in [-0.25, -0.2) is 8.78 Å². The molecule has 54 heavy (non-hydrogen) atoms. The average molecular weight is 741 g/mol. The van der Waals surface area contributed by atoms with Crippen LogP contribution >= 0.6 is 0 Å². The summed E-state index contributed by atoms with van der Waals surface area (Å²) < 4.78 is 50.1. The van der Waals surface area contributed by atoms with Crippen LogP contribution in [0.1, 0.15) is 34.9 Å². The molecule has 2 heterocycles. The van der Waals surface area contributed by atoms with Gasteiger partial charge in [0, 0.05) is 82.0 Å². The fourth-order valence-electron chi connectivity index (χ4n) is 8.34. The molecule has 12 heteroatoms. The Kier molecular flexibility index (Phi) is 10.8. The van der Waals surface area contributed by atoms with Gasteiger partial charge in [-0.05, 0) is 89.5 Å². The number of fused-ring (bicyclic) bond motifs is 1. The number of benzene rings is 4. The number of hydrogen-bond acceptors (Lipinski definition) is 8. The molecule has 7 rings (SSSR count). The van der Waals surface area contributed by atoms with Gasteiger partial charge in [0.05, 0.1) is 34.4 Å². The molecule has 2 saturated heterocycles. The first-order chi connectivity index (χ1) is 26.2. The van der Waals surface area contributed by atoms with E-state index in [4.69, 9.17) is 18.9 Å². The van der Waals surface area contributed by atoms with Gasteiger partial charge in [-0.1, -0.05) is 6.07 Å². The first-order valence-electron chi connectivity index (χ1n) is 18.3. The van der Waals surface area contributed by atoms with E-state index in [1.807, 2.05) is 40.1 Å². The summed E-state index contributed by atoms with van der Waals surface area (Å²) in [5.41, 5.74) is 4.43. The van der Waals surface area contributed by atoms with Crippen LogP contribution in [0.15, 0.2) is 78.9 Å². The number of halogens is 2. The maximum atomic E-state index is 15.1. The lowest BCUT2D eigenvalue weighted by molar-refractivity contribution is -0.138. The van der Waals surface area contributed by atoms with Crippen molar-refractivity contribution in [1.82, 2.24) is 9.80 Å². The van der Waals surface area contributed by atoms with Gasteiger partial charge in [0.2, 0.25) is 11.8 Å². The molecule has 3 unspecified atom stereocenters. The van der Waals surface area contributed by atoms with E-state index >= 15 is 4.79 Å². The lowest BCUT2D eigenvalue weighted by Gasteiger charge is -2.39. The Bertz CT molecular complexity index is 1960. The number of nitrogens with zero attached hydrogens (tertiary/aromatic N) is 4. The Labute approximate surface area is 314 Å². The lowest BCUT2D eigenvalue weighted by atomic mass is 9.79. The number of rotatable bonds is 10. The second-order valence-electron chi connectivity index (χ2n) is 13.9. The van der Waals surface area contributed by atoms with Crippen LogP contribution in [0.2, 0.25) is 0 Å². The number of ether oxygens (including phenoxy) is 4. The van der Waals surface area contributed by atoms with Gasteiger partial charge < -0.3 is 38.5 Å². The number of anilines is 2. The third-order valence-corrected chi connectivity index (χ3v) is 11.2. The monoisotopic (exact) mass is 740 g/mol. The zero-order valence-corrected chi connectivity index (χ0v) is 31.1. The molecule has 2 aliphatic heterocycles. The molecule has 10 nitrogen and oxygen atoms in total. The highest BCUT2D eigenvalue weighted by Crippen LogP contribution is 2.55. The van der Waals surface area contributed by atoms with Crippen molar-refractivity contribution in [3.05, 3.63) is 107 Å². The van der Waals surface area contributed by atoms with Crippen LogP contribution in [-0.4, -0.2) is 102 Å². The quantitative estimate of drug-likeness (QED) is 0.198. The van der Waals surface area contributed by atoms with E-state index in [0.717, 1.165) is 28.1 Å². The largest absolute Gasteiger partial charge is 0.493 e. The molecule has 2 fully saturated rings. The number of hydrogen-bond donors (Lipinski definition) is 0. The molecule has 3 atom stereocenters. The summed E-state index contributed by atoms with van der Waals surface area (Å²) in [5.74, 6) is -0.0310. The van der Waals surface area contributed by atoms with Gasteiger partial charge >= 0.3 is 0 Å². The summed E-state index contributed by atoms with van der Waals surface area (Å²) in [5, 5.41) is 0. The zero-order valence-electron chi connectivity index (χ0n) is 31.1. The van der Waals surface area contributed by atoms with Gasteiger partial charge in [-0.2, -0.15) is 0 Å². The summed E-state index contributed by atoms with van der Waals surface area (Å²) in [7, 11) is 6.33. The fourth-order valence-corrected chi connectivity index (χ4v) is 8.34. The van der Waals surface area contributed by atoms with E-state index < -0.39 is 17.8 Å². The van der Waals surface area contributed by atoms with Crippen molar-refractivity contribution in [1.29, 1.82) is 0 Å². The Hall–Kier alpha value is -5.52. The summed E-state index contributed by atoms with van der Waals surface area (Å²) in [4.78, 5) is 37.5. The van der Waals surface area contributed by atoms with Crippen LogP contribution in [-0.2, 0) is 9.59 Å². The molecule has 0 aromatic heterocycles. The second kappa shape index (κ2) is 15.8. The van der Waals surface area contributed by atoms with Crippen LogP contribution in [0.4, 0.5) is 20.2 Å². The summed E-state index contributed by atoms with van der Waals surface area (Å²) in [6.07, 6.45) is 0.120. The highest BCUT2D eigenvalue weighted by molar-refractivity contribution is 5.86. The smallest absolute Gasteiger partial charge is 0.227 e. The molecule has 4 aromatic carbocycles. The molecule has 1 aliphatic carbocycles. The Morgan fingerprint density at radius 2 is 1.04 bits per heavy atom. The average Bonchev–Trinajstić information content (AvgIpc) is 3.52. The van der Waals surface area contributed by atoms with Crippen molar-refractivity contribution >= 4 is 23.2 Å². The van der Waals surface area contributed by atoms with E-state index in [2.05, 4.69) is 9.80 Å². The molecular formula is C42H46F2N4O6. The number of methoxy groups -OCH3 is 4. The van der Waals surface area contributed by atoms with Crippen molar-refractivity contribution in [2.24, 2.45) is 5.92 Å². The molecule has 3 aliphatic rings. The highest BCUT2D eigenvalue weighted by Gasteiger charge is 2.49. The minimum Gasteiger partial charge on any atom is -0.493 e. The van der Waals surface area contributed by atoms with Gasteiger partial charge in [0.15, 0.2) is 23.0 Å². The van der Waals surface area contributed by atoms with Crippen LogP contribution in [0.3, 0.4) is 0 Å². The molecule has 0 bridgehead atoms. The van der Waals surface area contributed by atoms with E-state index in [9.17, 15) is 13.6 Å². The van der Waals surface area contributed by atoms with Gasteiger partial charge in [0.25, 0.3) is 0 Å². The van der Waals surface area contributed by atoms with Crippen LogP contribution < -0.4 is 28.7 Å². The van der Waals surface area contributed by atoms with Crippen molar-refractivity contribution < 1.29 is 37.3 Å². The predicted octanol–water partition coefficient (Wildman–Crippen LogP) is 5.93. The highest BCUT2D eigenvalue weighted by atomic mass is 19.1. The van der Waals surface area contributed by atoms with Crippen molar-refractivity contribution in [3.63, 3.8) is 0 Å². The number of piperazine rings is 2. The number of carbonyl (C=O) groups is 2. The van der Waals surface area contributed by atoms with Gasteiger partial charge in [-0.3, -0.25) is 9.59 Å². The molecular weight excluding hydrogens is 694 g/mol. The first kappa shape index (κ1) is 36.8.